The van der Waals surface area contributed by atoms with Crippen LogP contribution in [0, 0.1) is 6.92 Å². The van der Waals surface area contributed by atoms with Gasteiger partial charge in [0.25, 0.3) is 0 Å². The van der Waals surface area contributed by atoms with Gasteiger partial charge >= 0.3 is 5.97 Å². The topological polar surface area (TPSA) is 101 Å². The van der Waals surface area contributed by atoms with Crippen molar-refractivity contribution >= 4 is 5.97 Å². The third-order valence-corrected chi connectivity index (χ3v) is 2.46. The first kappa shape index (κ1) is 13.0. The maximum absolute atomic E-state index is 11.0. The lowest BCUT2D eigenvalue weighted by molar-refractivity contribution is 0.0694. The Morgan fingerprint density at radius 1 is 1.37 bits per heavy atom. The molecule has 0 unspecified atom stereocenters. The number of carboxylic acids is 1. The number of aryl methyl sites for hydroxylation is 1. The van der Waals surface area contributed by atoms with Gasteiger partial charge in [-0.3, -0.25) is 0 Å². The van der Waals surface area contributed by atoms with E-state index in [0.29, 0.717) is 24.6 Å². The second-order valence-electron chi connectivity index (χ2n) is 3.89. The van der Waals surface area contributed by atoms with Gasteiger partial charge in [-0.1, -0.05) is 0 Å². The molecule has 0 bridgehead atoms. The number of rotatable bonds is 5. The Kier molecular flexibility index (Phi) is 4.09. The van der Waals surface area contributed by atoms with Crippen LogP contribution in [0.15, 0.2) is 24.8 Å². The van der Waals surface area contributed by atoms with E-state index in [0.717, 1.165) is 5.69 Å². The van der Waals surface area contributed by atoms with E-state index < -0.39 is 5.97 Å². The number of carboxylic acid groups (broad SMARTS) is 1. The fourth-order valence-electron chi connectivity index (χ4n) is 1.59. The first-order valence-electron chi connectivity index (χ1n) is 5.68. The highest BCUT2D eigenvalue weighted by atomic mass is 16.4. The Morgan fingerprint density at radius 2 is 2.21 bits per heavy atom. The lowest BCUT2D eigenvalue weighted by Crippen LogP contribution is -2.18. The van der Waals surface area contributed by atoms with Crippen LogP contribution in [0.1, 0.15) is 27.6 Å². The van der Waals surface area contributed by atoms with E-state index in [1.165, 1.54) is 12.5 Å². The summed E-state index contributed by atoms with van der Waals surface area (Å²) in [5, 5.41) is 12.1. The zero-order valence-corrected chi connectivity index (χ0v) is 10.4. The minimum Gasteiger partial charge on any atom is -0.478 e. The summed E-state index contributed by atoms with van der Waals surface area (Å²) in [4.78, 5) is 26.9. The summed E-state index contributed by atoms with van der Waals surface area (Å²) in [6.07, 6.45) is 4.31. The summed E-state index contributed by atoms with van der Waals surface area (Å²) < 4.78 is 0. The monoisotopic (exact) mass is 259 g/mol. The van der Waals surface area contributed by atoms with Gasteiger partial charge in [-0.2, -0.15) is 0 Å². The fraction of sp³-hybridized carbons (Fsp3) is 0.250. The summed E-state index contributed by atoms with van der Waals surface area (Å²) in [6.45, 7) is 2.68. The minimum absolute atomic E-state index is 0.105. The number of carbonyl (C=O) groups is 1. The van der Waals surface area contributed by atoms with Crippen LogP contribution in [0.25, 0.3) is 0 Å². The molecular weight excluding hydrogens is 246 g/mol. The van der Waals surface area contributed by atoms with Gasteiger partial charge in [0.2, 0.25) is 0 Å². The average Bonchev–Trinajstić information content (AvgIpc) is 2.39. The molecule has 2 rings (SSSR count). The van der Waals surface area contributed by atoms with Crippen molar-refractivity contribution in [2.45, 2.75) is 20.0 Å². The Morgan fingerprint density at radius 3 is 2.95 bits per heavy atom. The normalized spacial score (nSPS) is 10.4. The van der Waals surface area contributed by atoms with E-state index in [4.69, 9.17) is 5.11 Å². The molecule has 0 fully saturated rings. The fourth-order valence-corrected chi connectivity index (χ4v) is 1.59. The van der Waals surface area contributed by atoms with Crippen molar-refractivity contribution in [1.29, 1.82) is 0 Å². The molecular formula is C12H13N5O2. The van der Waals surface area contributed by atoms with Crippen LogP contribution in [0.5, 0.6) is 0 Å². The molecule has 0 amide bonds. The molecule has 0 atom stereocenters. The van der Waals surface area contributed by atoms with Gasteiger partial charge in [-0.15, -0.1) is 0 Å². The van der Waals surface area contributed by atoms with Crippen LogP contribution >= 0.6 is 0 Å². The van der Waals surface area contributed by atoms with E-state index in [2.05, 4.69) is 25.3 Å². The predicted octanol–water partition coefficient (Wildman–Crippen LogP) is 0.563. The maximum Gasteiger partial charge on any atom is 0.339 e. The van der Waals surface area contributed by atoms with Crippen molar-refractivity contribution in [1.82, 2.24) is 25.3 Å². The van der Waals surface area contributed by atoms with E-state index in [1.807, 2.05) is 6.92 Å². The van der Waals surface area contributed by atoms with Gasteiger partial charge in [0, 0.05) is 25.5 Å². The maximum atomic E-state index is 11.0. The lowest BCUT2D eigenvalue weighted by Gasteiger charge is -2.06. The van der Waals surface area contributed by atoms with Crippen LogP contribution in [0.3, 0.4) is 0 Å². The van der Waals surface area contributed by atoms with Crippen molar-refractivity contribution < 1.29 is 9.90 Å². The third kappa shape index (κ3) is 3.52. The van der Waals surface area contributed by atoms with Gasteiger partial charge < -0.3 is 10.4 Å². The number of aromatic carboxylic acids is 1. The molecule has 0 saturated heterocycles. The Labute approximate surface area is 109 Å². The zero-order chi connectivity index (χ0) is 13.7. The van der Waals surface area contributed by atoms with Crippen LogP contribution < -0.4 is 5.32 Å². The van der Waals surface area contributed by atoms with Crippen molar-refractivity contribution in [2.24, 2.45) is 0 Å². The molecule has 0 radical (unpaired) electrons. The number of hydrogen-bond donors (Lipinski definition) is 2. The first-order chi connectivity index (χ1) is 9.16. The van der Waals surface area contributed by atoms with Crippen LogP contribution in [-0.4, -0.2) is 31.0 Å². The van der Waals surface area contributed by atoms with Crippen molar-refractivity contribution in [3.05, 3.63) is 47.6 Å². The summed E-state index contributed by atoms with van der Waals surface area (Å²) in [6, 6.07) is 1.80. The molecule has 0 aromatic carbocycles. The second-order valence-corrected chi connectivity index (χ2v) is 3.89. The molecule has 2 N–H and O–H groups in total. The quantitative estimate of drug-likeness (QED) is 0.809. The Hall–Kier alpha value is -2.41. The molecule has 2 aromatic heterocycles. The summed E-state index contributed by atoms with van der Waals surface area (Å²) >= 11 is 0. The van der Waals surface area contributed by atoms with Crippen molar-refractivity contribution in [2.75, 3.05) is 0 Å². The van der Waals surface area contributed by atoms with Gasteiger partial charge in [0.15, 0.2) is 0 Å². The zero-order valence-electron chi connectivity index (χ0n) is 10.4. The third-order valence-electron chi connectivity index (χ3n) is 2.46. The molecule has 0 aliphatic heterocycles. The number of nitrogens with one attached hydrogen (secondary N) is 1. The molecule has 2 heterocycles. The summed E-state index contributed by atoms with van der Waals surface area (Å²) in [5.41, 5.74) is 1.40. The van der Waals surface area contributed by atoms with Gasteiger partial charge in [0.05, 0.1) is 11.4 Å². The largest absolute Gasteiger partial charge is 0.478 e. The molecule has 7 heteroatoms. The van der Waals surface area contributed by atoms with E-state index >= 15 is 0 Å². The van der Waals surface area contributed by atoms with Gasteiger partial charge in [-0.25, -0.2) is 24.7 Å². The summed E-state index contributed by atoms with van der Waals surface area (Å²) in [7, 11) is 0. The highest BCUT2D eigenvalue weighted by Crippen LogP contribution is 2.03. The minimum atomic E-state index is -1.03. The Balaban J connectivity index is 1.98. The van der Waals surface area contributed by atoms with Gasteiger partial charge in [0.1, 0.15) is 17.7 Å². The van der Waals surface area contributed by atoms with Crippen LogP contribution in [0.4, 0.5) is 0 Å². The smallest absolute Gasteiger partial charge is 0.339 e. The van der Waals surface area contributed by atoms with Gasteiger partial charge in [-0.05, 0) is 13.0 Å². The van der Waals surface area contributed by atoms with E-state index in [-0.39, 0.29) is 5.56 Å². The molecule has 7 nitrogen and oxygen atoms in total. The lowest BCUT2D eigenvalue weighted by atomic mass is 10.2. The number of aromatic nitrogens is 4. The molecule has 0 aliphatic carbocycles. The van der Waals surface area contributed by atoms with Crippen molar-refractivity contribution in [3.63, 3.8) is 0 Å². The second kappa shape index (κ2) is 5.96. The standard InChI is InChI=1S/C12H13N5O2/c1-8-15-3-2-9(17-8)4-13-6-11-10(12(18)19)5-14-7-16-11/h2-3,5,7,13H,4,6H2,1H3,(H,18,19). The predicted molar refractivity (Wildman–Crippen MR) is 66.3 cm³/mol. The SMILES string of the molecule is Cc1nccc(CNCc2ncncc2C(=O)O)n1. The highest BCUT2D eigenvalue weighted by molar-refractivity contribution is 5.88. The molecule has 19 heavy (non-hydrogen) atoms. The Bertz CT molecular complexity index is 588. The molecule has 0 saturated carbocycles. The first-order valence-corrected chi connectivity index (χ1v) is 5.68. The summed E-state index contributed by atoms with van der Waals surface area (Å²) in [5.74, 6) is -0.331. The van der Waals surface area contributed by atoms with E-state index in [9.17, 15) is 4.79 Å². The highest BCUT2D eigenvalue weighted by Gasteiger charge is 2.10. The molecule has 98 valence electrons. The van der Waals surface area contributed by atoms with Crippen LogP contribution in [-0.2, 0) is 13.1 Å². The molecule has 0 spiro atoms. The number of hydrogen-bond acceptors (Lipinski definition) is 6. The van der Waals surface area contributed by atoms with Crippen molar-refractivity contribution in [3.8, 4) is 0 Å². The number of nitrogens with zero attached hydrogens (tertiary/aromatic N) is 4. The van der Waals surface area contributed by atoms with E-state index in [1.54, 1.807) is 12.3 Å². The molecule has 0 aliphatic rings. The average molecular weight is 259 g/mol. The molecule has 2 aromatic rings. The van der Waals surface area contributed by atoms with Crippen LogP contribution in [0.2, 0.25) is 0 Å².